The average molecular weight is 389 g/mol. The number of aryl methyl sites for hydroxylation is 2. The molecule has 0 saturated carbocycles. The van der Waals surface area contributed by atoms with Crippen LogP contribution in [0.3, 0.4) is 0 Å². The van der Waals surface area contributed by atoms with E-state index in [-0.39, 0.29) is 10.6 Å². The molecule has 0 bridgehead atoms. The van der Waals surface area contributed by atoms with Gasteiger partial charge in [0.2, 0.25) is 0 Å². The lowest BCUT2D eigenvalue weighted by molar-refractivity contribution is 0.0695. The topological polar surface area (TPSA) is 63.8 Å². The number of rotatable bonds is 7. The normalized spacial score (nSPS) is 12.6. The van der Waals surface area contributed by atoms with E-state index in [0.29, 0.717) is 29.3 Å². The van der Waals surface area contributed by atoms with E-state index >= 15 is 0 Å². The van der Waals surface area contributed by atoms with Crippen LogP contribution >= 0.6 is 0 Å². The fraction of sp³-hybridized carbons (Fsp3) is 0.524. The maximum absolute atomic E-state index is 12.0. The highest BCUT2D eigenvalue weighted by atomic mass is 28.4. The Morgan fingerprint density at radius 3 is 2.48 bits per heavy atom. The first-order valence-electron chi connectivity index (χ1n) is 9.39. The first-order chi connectivity index (χ1) is 12.3. The van der Waals surface area contributed by atoms with Crippen LogP contribution in [-0.4, -0.2) is 28.8 Å². The molecule has 1 N–H and O–H groups in total. The summed E-state index contributed by atoms with van der Waals surface area (Å²) in [5.41, 5.74) is 3.37. The predicted molar refractivity (Wildman–Crippen MR) is 113 cm³/mol. The third kappa shape index (κ3) is 3.55. The summed E-state index contributed by atoms with van der Waals surface area (Å²) >= 11 is 0. The third-order valence-electron chi connectivity index (χ3n) is 6.38. The van der Waals surface area contributed by atoms with Crippen molar-refractivity contribution in [3.63, 3.8) is 0 Å². The number of pyridine rings is 1. The average Bonchev–Trinajstić information content (AvgIpc) is 2.84. The van der Waals surface area contributed by atoms with Gasteiger partial charge in [0, 0.05) is 17.5 Å². The van der Waals surface area contributed by atoms with Gasteiger partial charge in [0.1, 0.15) is 0 Å². The van der Waals surface area contributed by atoms with E-state index in [1.165, 1.54) is 0 Å². The van der Waals surface area contributed by atoms with Gasteiger partial charge in [0.05, 0.1) is 11.3 Å². The van der Waals surface area contributed by atoms with Crippen LogP contribution in [0.25, 0.3) is 5.65 Å². The summed E-state index contributed by atoms with van der Waals surface area (Å²) in [6.07, 6.45) is 3.79. The van der Waals surface area contributed by atoms with Gasteiger partial charge in [0.15, 0.2) is 11.4 Å². The van der Waals surface area contributed by atoms with Crippen molar-refractivity contribution in [1.82, 2.24) is 9.38 Å². The first kappa shape index (κ1) is 21.2. The largest absolute Gasteiger partial charge is 0.541 e. The van der Waals surface area contributed by atoms with Crippen molar-refractivity contribution in [2.45, 2.75) is 66.1 Å². The minimum absolute atomic E-state index is 0.00858. The maximum Gasteiger partial charge on any atom is 0.337 e. The van der Waals surface area contributed by atoms with E-state index in [4.69, 9.17) is 9.41 Å². The Hall–Kier alpha value is -2.08. The standard InChI is InChI=1S/C21H32N2O3Si/c1-10-11-16-17(20(24)25)12-23-15(5)14(4)22-19(23)18(16)26-27(8,9)21(6,7)13(2)3/h10,12-13H,1,11H2,2-9H3,(H,24,25). The molecule has 27 heavy (non-hydrogen) atoms. The van der Waals surface area contributed by atoms with E-state index < -0.39 is 14.3 Å². The number of carbonyl (C=O) groups is 1. The molecule has 148 valence electrons. The number of nitrogens with zero attached hydrogens (tertiary/aromatic N) is 2. The van der Waals surface area contributed by atoms with E-state index in [9.17, 15) is 9.90 Å². The van der Waals surface area contributed by atoms with Gasteiger partial charge in [-0.1, -0.05) is 33.8 Å². The number of hydrogen-bond acceptors (Lipinski definition) is 3. The summed E-state index contributed by atoms with van der Waals surface area (Å²) in [7, 11) is -2.26. The second kappa shape index (κ2) is 7.15. The summed E-state index contributed by atoms with van der Waals surface area (Å²) in [5.74, 6) is 0.0623. The molecule has 2 aromatic heterocycles. The Bertz CT molecular complexity index is 895. The number of imidazole rings is 1. The van der Waals surface area contributed by atoms with Crippen LogP contribution in [-0.2, 0) is 6.42 Å². The van der Waals surface area contributed by atoms with Crippen LogP contribution in [0, 0.1) is 19.8 Å². The van der Waals surface area contributed by atoms with Crippen molar-refractivity contribution in [1.29, 1.82) is 0 Å². The fourth-order valence-electron chi connectivity index (χ4n) is 3.13. The van der Waals surface area contributed by atoms with Crippen molar-refractivity contribution >= 4 is 19.9 Å². The Morgan fingerprint density at radius 1 is 1.41 bits per heavy atom. The summed E-state index contributed by atoms with van der Waals surface area (Å²) in [6, 6.07) is 0. The van der Waals surface area contributed by atoms with Gasteiger partial charge in [-0.25, -0.2) is 9.78 Å². The van der Waals surface area contributed by atoms with E-state index in [1.54, 1.807) is 12.3 Å². The molecule has 0 radical (unpaired) electrons. The molecule has 0 amide bonds. The van der Waals surface area contributed by atoms with Crippen molar-refractivity contribution in [3.05, 3.63) is 41.4 Å². The summed E-state index contributed by atoms with van der Waals surface area (Å²) in [5, 5.41) is 9.80. The zero-order chi connectivity index (χ0) is 20.7. The van der Waals surface area contributed by atoms with Gasteiger partial charge >= 0.3 is 5.97 Å². The number of aromatic carboxylic acids is 1. The second-order valence-electron chi connectivity index (χ2n) is 8.61. The number of fused-ring (bicyclic) bond motifs is 1. The Kier molecular flexibility index (Phi) is 5.62. The molecule has 0 saturated heterocycles. The molecule has 0 unspecified atom stereocenters. The molecule has 0 aliphatic heterocycles. The van der Waals surface area contributed by atoms with Gasteiger partial charge in [-0.05, 0) is 44.3 Å². The van der Waals surface area contributed by atoms with E-state index in [2.05, 4.69) is 47.4 Å². The Labute approximate surface area is 163 Å². The molecular weight excluding hydrogens is 356 g/mol. The molecule has 0 atom stereocenters. The molecule has 0 aliphatic rings. The predicted octanol–water partition coefficient (Wildman–Crippen LogP) is 5.40. The molecule has 2 rings (SSSR count). The highest BCUT2D eigenvalue weighted by Crippen LogP contribution is 2.46. The van der Waals surface area contributed by atoms with E-state index in [0.717, 1.165) is 11.4 Å². The van der Waals surface area contributed by atoms with Crippen LogP contribution in [0.1, 0.15) is 55.0 Å². The highest BCUT2D eigenvalue weighted by Gasteiger charge is 2.45. The fourth-order valence-corrected chi connectivity index (χ4v) is 5.51. The SMILES string of the molecule is C=CCc1c(C(=O)O)cn2c(C)c(C)nc2c1O[Si](C)(C)C(C)(C)C(C)C. The monoisotopic (exact) mass is 388 g/mol. The Balaban J connectivity index is 2.83. The lowest BCUT2D eigenvalue weighted by Gasteiger charge is -2.42. The van der Waals surface area contributed by atoms with Gasteiger partial charge in [0.25, 0.3) is 8.32 Å². The molecule has 5 nitrogen and oxygen atoms in total. The summed E-state index contributed by atoms with van der Waals surface area (Å²) < 4.78 is 8.57. The third-order valence-corrected chi connectivity index (χ3v) is 10.8. The Morgan fingerprint density at radius 2 is 2.00 bits per heavy atom. The highest BCUT2D eigenvalue weighted by molar-refractivity contribution is 6.75. The van der Waals surface area contributed by atoms with Crippen molar-refractivity contribution in [2.24, 2.45) is 5.92 Å². The van der Waals surface area contributed by atoms with Gasteiger partial charge in [-0.2, -0.15) is 0 Å². The van der Waals surface area contributed by atoms with Crippen LogP contribution in [0.5, 0.6) is 5.75 Å². The quantitative estimate of drug-likeness (QED) is 0.509. The number of carboxylic acids is 1. The minimum atomic E-state index is -2.26. The molecule has 2 aromatic rings. The van der Waals surface area contributed by atoms with E-state index in [1.807, 2.05) is 18.2 Å². The van der Waals surface area contributed by atoms with Crippen molar-refractivity contribution < 1.29 is 14.3 Å². The van der Waals surface area contributed by atoms with Gasteiger partial charge < -0.3 is 13.9 Å². The lowest BCUT2D eigenvalue weighted by atomic mass is 9.99. The van der Waals surface area contributed by atoms with Gasteiger partial charge in [-0.15, -0.1) is 6.58 Å². The lowest BCUT2D eigenvalue weighted by Crippen LogP contribution is -2.48. The van der Waals surface area contributed by atoms with Crippen LogP contribution in [0.15, 0.2) is 18.9 Å². The van der Waals surface area contributed by atoms with Gasteiger partial charge in [-0.3, -0.25) is 0 Å². The van der Waals surface area contributed by atoms with Crippen molar-refractivity contribution in [2.75, 3.05) is 0 Å². The smallest absolute Gasteiger partial charge is 0.337 e. The van der Waals surface area contributed by atoms with Crippen molar-refractivity contribution in [3.8, 4) is 5.75 Å². The molecule has 6 heteroatoms. The van der Waals surface area contributed by atoms with Crippen LogP contribution < -0.4 is 4.43 Å². The number of hydrogen-bond donors (Lipinski definition) is 1. The zero-order valence-corrected chi connectivity index (χ0v) is 18.8. The second-order valence-corrected chi connectivity index (χ2v) is 13.1. The molecule has 0 aromatic carbocycles. The molecule has 2 heterocycles. The first-order valence-corrected chi connectivity index (χ1v) is 12.3. The summed E-state index contributed by atoms with van der Waals surface area (Å²) in [4.78, 5) is 16.7. The van der Waals surface area contributed by atoms with Crippen LogP contribution in [0.2, 0.25) is 18.1 Å². The molecule has 0 fully saturated rings. The zero-order valence-electron chi connectivity index (χ0n) is 17.8. The molecular formula is C21H32N2O3Si. The minimum Gasteiger partial charge on any atom is -0.541 e. The number of carboxylic acid groups (broad SMARTS) is 1. The number of aromatic nitrogens is 2. The molecule has 0 spiro atoms. The maximum atomic E-state index is 12.0. The van der Waals surface area contributed by atoms with Crippen LogP contribution in [0.4, 0.5) is 0 Å². The summed E-state index contributed by atoms with van der Waals surface area (Å²) in [6.45, 7) is 20.9. The molecule has 0 aliphatic carbocycles. The number of allylic oxidation sites excluding steroid dienone is 1.